The van der Waals surface area contributed by atoms with E-state index in [1.54, 1.807) is 12.3 Å². The van der Waals surface area contributed by atoms with Crippen LogP contribution in [0.15, 0.2) is 22.8 Å². The second-order valence-electron chi connectivity index (χ2n) is 4.52. The van der Waals surface area contributed by atoms with Crippen LogP contribution in [0.4, 0.5) is 0 Å². The molecule has 0 fully saturated rings. The van der Waals surface area contributed by atoms with Crippen LogP contribution in [-0.2, 0) is 13.1 Å². The van der Waals surface area contributed by atoms with Gasteiger partial charge in [0.05, 0.1) is 18.5 Å². The standard InChI is InChI=1S/C13H17N3O2S/c1-9-12(19-11(15-9)8-16(2)3)13(17)14-7-10-5-4-6-18-10/h4-6H,7-8H2,1-3H3,(H,14,17). The van der Waals surface area contributed by atoms with Crippen molar-refractivity contribution in [1.29, 1.82) is 0 Å². The zero-order valence-corrected chi connectivity index (χ0v) is 12.1. The molecular weight excluding hydrogens is 262 g/mol. The number of furan rings is 1. The van der Waals surface area contributed by atoms with Gasteiger partial charge < -0.3 is 14.6 Å². The highest BCUT2D eigenvalue weighted by Gasteiger charge is 2.15. The topological polar surface area (TPSA) is 58.4 Å². The highest BCUT2D eigenvalue weighted by molar-refractivity contribution is 7.13. The maximum atomic E-state index is 12.1. The maximum Gasteiger partial charge on any atom is 0.263 e. The van der Waals surface area contributed by atoms with Crippen molar-refractivity contribution in [3.8, 4) is 0 Å². The Kier molecular flexibility index (Phi) is 4.34. The predicted molar refractivity (Wildman–Crippen MR) is 74.1 cm³/mol. The Balaban J connectivity index is 2.00. The van der Waals surface area contributed by atoms with Gasteiger partial charge in [0.25, 0.3) is 5.91 Å². The van der Waals surface area contributed by atoms with Crippen molar-refractivity contribution < 1.29 is 9.21 Å². The Labute approximate surface area is 116 Å². The summed E-state index contributed by atoms with van der Waals surface area (Å²) in [5, 5.41) is 3.78. The molecule has 0 saturated heterocycles. The zero-order valence-electron chi connectivity index (χ0n) is 11.3. The van der Waals surface area contributed by atoms with E-state index < -0.39 is 0 Å². The molecule has 2 aromatic rings. The number of thiazole rings is 1. The molecule has 0 spiro atoms. The van der Waals surface area contributed by atoms with Gasteiger partial charge in [0.15, 0.2) is 0 Å². The Morgan fingerprint density at radius 1 is 1.53 bits per heavy atom. The molecule has 0 atom stereocenters. The molecule has 2 aromatic heterocycles. The molecule has 6 heteroatoms. The van der Waals surface area contributed by atoms with Gasteiger partial charge in [0, 0.05) is 6.54 Å². The summed E-state index contributed by atoms with van der Waals surface area (Å²) in [5.74, 6) is 0.639. The van der Waals surface area contributed by atoms with Gasteiger partial charge >= 0.3 is 0 Å². The van der Waals surface area contributed by atoms with Gasteiger partial charge in [0.1, 0.15) is 15.6 Å². The molecule has 2 heterocycles. The molecule has 1 amide bonds. The molecule has 0 aromatic carbocycles. The van der Waals surface area contributed by atoms with E-state index in [4.69, 9.17) is 4.42 Å². The van der Waals surface area contributed by atoms with Gasteiger partial charge in [0.2, 0.25) is 0 Å². The van der Waals surface area contributed by atoms with Gasteiger partial charge in [-0.3, -0.25) is 4.79 Å². The van der Waals surface area contributed by atoms with Crippen molar-refractivity contribution in [3.05, 3.63) is 39.7 Å². The summed E-state index contributed by atoms with van der Waals surface area (Å²) in [5.41, 5.74) is 0.777. The summed E-state index contributed by atoms with van der Waals surface area (Å²) in [4.78, 5) is 19.2. The summed E-state index contributed by atoms with van der Waals surface area (Å²) >= 11 is 1.44. The Morgan fingerprint density at radius 3 is 2.95 bits per heavy atom. The highest BCUT2D eigenvalue weighted by Crippen LogP contribution is 2.19. The number of rotatable bonds is 5. The first-order chi connectivity index (χ1) is 9.06. The third-order valence-corrected chi connectivity index (χ3v) is 3.64. The van der Waals surface area contributed by atoms with Crippen LogP contribution >= 0.6 is 11.3 Å². The number of aryl methyl sites for hydroxylation is 1. The molecule has 19 heavy (non-hydrogen) atoms. The Bertz CT molecular complexity index is 546. The number of hydrogen-bond donors (Lipinski definition) is 1. The summed E-state index contributed by atoms with van der Waals surface area (Å²) in [7, 11) is 3.96. The molecule has 0 saturated carbocycles. The van der Waals surface area contributed by atoms with E-state index in [9.17, 15) is 4.79 Å². The normalized spacial score (nSPS) is 10.9. The number of aromatic nitrogens is 1. The fraction of sp³-hybridized carbons (Fsp3) is 0.385. The van der Waals surface area contributed by atoms with Crippen LogP contribution in [-0.4, -0.2) is 29.9 Å². The number of nitrogens with one attached hydrogen (secondary N) is 1. The molecule has 0 aliphatic heterocycles. The fourth-order valence-corrected chi connectivity index (χ4v) is 2.76. The van der Waals surface area contributed by atoms with E-state index in [0.29, 0.717) is 11.4 Å². The molecule has 5 nitrogen and oxygen atoms in total. The number of carbonyl (C=O) groups excluding carboxylic acids is 1. The first kappa shape index (κ1) is 13.8. The lowest BCUT2D eigenvalue weighted by molar-refractivity contribution is 0.0951. The molecule has 0 radical (unpaired) electrons. The van der Waals surface area contributed by atoms with E-state index >= 15 is 0 Å². The highest BCUT2D eigenvalue weighted by atomic mass is 32.1. The first-order valence-corrected chi connectivity index (χ1v) is 6.79. The van der Waals surface area contributed by atoms with Crippen LogP contribution in [0.5, 0.6) is 0 Å². The Morgan fingerprint density at radius 2 is 2.32 bits per heavy atom. The van der Waals surface area contributed by atoms with Crippen molar-refractivity contribution >= 4 is 17.2 Å². The van der Waals surface area contributed by atoms with Crippen LogP contribution < -0.4 is 5.32 Å². The van der Waals surface area contributed by atoms with Gasteiger partial charge in [-0.2, -0.15) is 0 Å². The van der Waals surface area contributed by atoms with Gasteiger partial charge in [-0.1, -0.05) is 0 Å². The summed E-state index contributed by atoms with van der Waals surface area (Å²) in [6, 6.07) is 3.63. The predicted octanol–water partition coefficient (Wildman–Crippen LogP) is 2.04. The van der Waals surface area contributed by atoms with Crippen molar-refractivity contribution in [2.75, 3.05) is 14.1 Å². The number of hydrogen-bond acceptors (Lipinski definition) is 5. The lowest BCUT2D eigenvalue weighted by atomic mass is 10.3. The monoisotopic (exact) mass is 279 g/mol. The van der Waals surface area contributed by atoms with Crippen LogP contribution in [0.2, 0.25) is 0 Å². The minimum absolute atomic E-state index is 0.101. The van der Waals surface area contributed by atoms with Gasteiger partial charge in [-0.05, 0) is 33.2 Å². The smallest absolute Gasteiger partial charge is 0.263 e. The molecule has 0 bridgehead atoms. The van der Waals surface area contributed by atoms with Crippen molar-refractivity contribution in [2.24, 2.45) is 0 Å². The summed E-state index contributed by atoms with van der Waals surface area (Å²) in [6.07, 6.45) is 1.59. The van der Waals surface area contributed by atoms with E-state index in [1.807, 2.05) is 32.0 Å². The van der Waals surface area contributed by atoms with E-state index in [1.165, 1.54) is 11.3 Å². The maximum absolute atomic E-state index is 12.1. The summed E-state index contributed by atoms with van der Waals surface area (Å²) in [6.45, 7) is 3.00. The van der Waals surface area contributed by atoms with Gasteiger partial charge in [-0.25, -0.2) is 4.98 Å². The third kappa shape index (κ3) is 3.65. The number of nitrogens with zero attached hydrogens (tertiary/aromatic N) is 2. The molecule has 1 N–H and O–H groups in total. The molecular formula is C13H17N3O2S. The van der Waals surface area contributed by atoms with E-state index in [-0.39, 0.29) is 5.91 Å². The third-order valence-electron chi connectivity index (χ3n) is 2.50. The zero-order chi connectivity index (χ0) is 13.8. The molecule has 0 unspecified atom stereocenters. The quantitative estimate of drug-likeness (QED) is 0.910. The lowest BCUT2D eigenvalue weighted by Gasteiger charge is -2.04. The van der Waals surface area contributed by atoms with Crippen LogP contribution in [0.3, 0.4) is 0 Å². The SMILES string of the molecule is Cc1nc(CN(C)C)sc1C(=O)NCc1ccco1. The average molecular weight is 279 g/mol. The van der Waals surface area contributed by atoms with Gasteiger partial charge in [-0.15, -0.1) is 11.3 Å². The Hall–Kier alpha value is -1.66. The lowest BCUT2D eigenvalue weighted by Crippen LogP contribution is -2.22. The summed E-state index contributed by atoms with van der Waals surface area (Å²) < 4.78 is 5.17. The van der Waals surface area contributed by atoms with E-state index in [2.05, 4.69) is 10.3 Å². The van der Waals surface area contributed by atoms with Crippen LogP contribution in [0, 0.1) is 6.92 Å². The van der Waals surface area contributed by atoms with E-state index in [0.717, 1.165) is 23.0 Å². The number of carbonyl (C=O) groups is 1. The fourth-order valence-electron chi connectivity index (χ4n) is 1.66. The van der Waals surface area contributed by atoms with Crippen LogP contribution in [0.1, 0.15) is 26.1 Å². The molecule has 102 valence electrons. The first-order valence-electron chi connectivity index (χ1n) is 5.98. The molecule has 2 rings (SSSR count). The minimum atomic E-state index is -0.101. The second kappa shape index (κ2) is 5.99. The van der Waals surface area contributed by atoms with Crippen LogP contribution in [0.25, 0.3) is 0 Å². The van der Waals surface area contributed by atoms with Crippen molar-refractivity contribution in [2.45, 2.75) is 20.0 Å². The largest absolute Gasteiger partial charge is 0.467 e. The number of amides is 1. The second-order valence-corrected chi connectivity index (χ2v) is 5.61. The van der Waals surface area contributed by atoms with Crippen molar-refractivity contribution in [3.63, 3.8) is 0 Å². The molecule has 0 aliphatic carbocycles. The minimum Gasteiger partial charge on any atom is -0.467 e. The van der Waals surface area contributed by atoms with Crippen molar-refractivity contribution in [1.82, 2.24) is 15.2 Å². The average Bonchev–Trinajstić information content (AvgIpc) is 2.95. The molecule has 0 aliphatic rings.